The number of hydrogen-bond donors (Lipinski definition) is 1. The van der Waals surface area contributed by atoms with Crippen LogP contribution in [0, 0.1) is 5.92 Å². The van der Waals surface area contributed by atoms with Gasteiger partial charge in [-0.25, -0.2) is 14.8 Å². The summed E-state index contributed by atoms with van der Waals surface area (Å²) in [7, 11) is 0. The molecule has 2 aromatic heterocycles. The van der Waals surface area contributed by atoms with E-state index in [2.05, 4.69) is 21.4 Å². The van der Waals surface area contributed by atoms with Crippen molar-refractivity contribution in [2.24, 2.45) is 5.92 Å². The van der Waals surface area contributed by atoms with Gasteiger partial charge < -0.3 is 4.74 Å². The van der Waals surface area contributed by atoms with Gasteiger partial charge in [0.1, 0.15) is 4.88 Å². The first kappa shape index (κ1) is 21.1. The molecular formula is C22H25N3O3S2. The van der Waals surface area contributed by atoms with Crippen LogP contribution in [0.15, 0.2) is 35.6 Å². The summed E-state index contributed by atoms with van der Waals surface area (Å²) >= 11 is 2.92. The fourth-order valence-corrected chi connectivity index (χ4v) is 5.10. The van der Waals surface area contributed by atoms with Crippen LogP contribution in [0.25, 0.3) is 5.57 Å². The maximum absolute atomic E-state index is 13.1. The number of carbonyl (C=O) groups excluding carboxylic acids is 2. The smallest absolute Gasteiger partial charge is 0.350 e. The molecule has 0 unspecified atom stereocenters. The zero-order chi connectivity index (χ0) is 20.9. The maximum Gasteiger partial charge on any atom is 0.350 e. The van der Waals surface area contributed by atoms with E-state index in [4.69, 9.17) is 4.74 Å². The van der Waals surface area contributed by atoms with Gasteiger partial charge in [0, 0.05) is 22.6 Å². The molecule has 2 aliphatic rings. The third-order valence-corrected chi connectivity index (χ3v) is 7.29. The highest BCUT2D eigenvalue weighted by Gasteiger charge is 2.24. The van der Waals surface area contributed by atoms with Gasteiger partial charge in [-0.2, -0.15) is 0 Å². The third kappa shape index (κ3) is 5.49. The Kier molecular flexibility index (Phi) is 6.84. The quantitative estimate of drug-likeness (QED) is 0.447. The summed E-state index contributed by atoms with van der Waals surface area (Å²) in [5.74, 6) is -0.251. The van der Waals surface area contributed by atoms with Gasteiger partial charge in [0.05, 0.1) is 17.8 Å². The highest BCUT2D eigenvalue weighted by molar-refractivity contribution is 8.00. The summed E-state index contributed by atoms with van der Waals surface area (Å²) in [5, 5.41) is 4.93. The van der Waals surface area contributed by atoms with Crippen molar-refractivity contribution in [1.82, 2.24) is 9.97 Å². The standard InChI is InChI=1S/C22H25N3O3S2/c1-2-28-21(27)18-13-24-22(30-18)25-20(26)17(11-14-5-3-4-6-14)15-7-10-19(23-12-15)29-16-8-9-16/h7,10-14,16H,2-6,8-9H2,1H3,(H,24,25,26). The van der Waals surface area contributed by atoms with Crippen molar-refractivity contribution < 1.29 is 14.3 Å². The lowest BCUT2D eigenvalue weighted by Crippen LogP contribution is -2.14. The molecule has 4 rings (SSSR count). The Morgan fingerprint density at radius 3 is 2.67 bits per heavy atom. The molecule has 2 fully saturated rings. The normalized spacial score (nSPS) is 17.2. The van der Waals surface area contributed by atoms with E-state index in [0.717, 1.165) is 34.8 Å². The predicted molar refractivity (Wildman–Crippen MR) is 120 cm³/mol. The van der Waals surface area contributed by atoms with Crippen LogP contribution >= 0.6 is 23.1 Å². The number of hydrogen-bond acceptors (Lipinski definition) is 7. The maximum atomic E-state index is 13.1. The van der Waals surface area contributed by atoms with Crippen molar-refractivity contribution in [3.63, 3.8) is 0 Å². The zero-order valence-corrected chi connectivity index (χ0v) is 18.6. The van der Waals surface area contributed by atoms with E-state index in [9.17, 15) is 9.59 Å². The minimum atomic E-state index is -0.426. The molecule has 8 heteroatoms. The fourth-order valence-electron chi connectivity index (χ4n) is 3.42. The van der Waals surface area contributed by atoms with Crippen molar-refractivity contribution in [2.75, 3.05) is 11.9 Å². The molecule has 2 saturated carbocycles. The molecular weight excluding hydrogens is 418 g/mol. The molecule has 1 amide bonds. The van der Waals surface area contributed by atoms with Crippen LogP contribution in [0.3, 0.4) is 0 Å². The van der Waals surface area contributed by atoms with Gasteiger partial charge in [-0.05, 0) is 50.7 Å². The van der Waals surface area contributed by atoms with Gasteiger partial charge in [0.15, 0.2) is 5.13 Å². The minimum absolute atomic E-state index is 0.226. The molecule has 2 aliphatic carbocycles. The Morgan fingerprint density at radius 1 is 1.20 bits per heavy atom. The number of aromatic nitrogens is 2. The van der Waals surface area contributed by atoms with E-state index >= 15 is 0 Å². The average molecular weight is 444 g/mol. The number of rotatable bonds is 8. The molecule has 2 heterocycles. The Bertz CT molecular complexity index is 929. The van der Waals surface area contributed by atoms with Crippen molar-refractivity contribution in [3.8, 4) is 0 Å². The number of allylic oxidation sites excluding steroid dienone is 1. The lowest BCUT2D eigenvalue weighted by molar-refractivity contribution is -0.111. The highest BCUT2D eigenvalue weighted by Crippen LogP contribution is 2.38. The number of nitrogens with one attached hydrogen (secondary N) is 1. The number of thioether (sulfide) groups is 1. The number of nitrogens with zero attached hydrogens (tertiary/aromatic N) is 2. The van der Waals surface area contributed by atoms with Crippen molar-refractivity contribution in [3.05, 3.63) is 41.0 Å². The molecule has 0 bridgehead atoms. The SMILES string of the molecule is CCOC(=O)c1cnc(NC(=O)C(=CC2CCCC2)c2ccc(SC3CC3)nc2)s1. The first-order chi connectivity index (χ1) is 14.6. The van der Waals surface area contributed by atoms with Gasteiger partial charge >= 0.3 is 5.97 Å². The van der Waals surface area contributed by atoms with Crippen molar-refractivity contribution in [1.29, 1.82) is 0 Å². The second-order valence-electron chi connectivity index (χ2n) is 7.53. The average Bonchev–Trinajstić information content (AvgIpc) is 3.20. The van der Waals surface area contributed by atoms with Crippen LogP contribution in [0.5, 0.6) is 0 Å². The third-order valence-electron chi connectivity index (χ3n) is 5.11. The van der Waals surface area contributed by atoms with Crippen LogP contribution in [0.2, 0.25) is 0 Å². The van der Waals surface area contributed by atoms with Crippen molar-refractivity contribution >= 4 is 45.7 Å². The van der Waals surface area contributed by atoms with Gasteiger partial charge in [0.25, 0.3) is 5.91 Å². The summed E-state index contributed by atoms with van der Waals surface area (Å²) in [6, 6.07) is 3.97. The van der Waals surface area contributed by atoms with Crippen LogP contribution < -0.4 is 5.32 Å². The van der Waals surface area contributed by atoms with Gasteiger partial charge in [-0.1, -0.05) is 30.3 Å². The second kappa shape index (κ2) is 9.75. The molecule has 2 aromatic rings. The van der Waals surface area contributed by atoms with Crippen LogP contribution in [-0.2, 0) is 9.53 Å². The van der Waals surface area contributed by atoms with E-state index in [1.807, 2.05) is 12.1 Å². The van der Waals surface area contributed by atoms with Crippen LogP contribution in [-0.4, -0.2) is 33.7 Å². The van der Waals surface area contributed by atoms with Crippen LogP contribution in [0.4, 0.5) is 5.13 Å². The molecule has 158 valence electrons. The number of thiazole rings is 1. The molecule has 0 radical (unpaired) electrons. The Balaban J connectivity index is 1.51. The summed E-state index contributed by atoms with van der Waals surface area (Å²) in [4.78, 5) is 34.1. The first-order valence-corrected chi connectivity index (χ1v) is 12.1. The van der Waals surface area contributed by atoms with Crippen LogP contribution in [0.1, 0.15) is 60.7 Å². The predicted octanol–water partition coefficient (Wildman–Crippen LogP) is 5.18. The molecule has 0 aromatic carbocycles. The Morgan fingerprint density at radius 2 is 2.00 bits per heavy atom. The number of anilines is 1. The number of ether oxygens (including phenoxy) is 1. The topological polar surface area (TPSA) is 81.2 Å². The largest absolute Gasteiger partial charge is 0.462 e. The summed E-state index contributed by atoms with van der Waals surface area (Å²) in [6.45, 7) is 2.05. The van der Waals surface area contributed by atoms with E-state index in [1.165, 1.54) is 31.9 Å². The molecule has 1 N–H and O–H groups in total. The molecule has 0 atom stereocenters. The number of amides is 1. The minimum Gasteiger partial charge on any atom is -0.462 e. The van der Waals surface area contributed by atoms with E-state index in [0.29, 0.717) is 33.4 Å². The van der Waals surface area contributed by atoms with E-state index < -0.39 is 5.97 Å². The first-order valence-electron chi connectivity index (χ1n) is 10.4. The summed E-state index contributed by atoms with van der Waals surface area (Å²) in [5.41, 5.74) is 1.42. The van der Waals surface area contributed by atoms with Gasteiger partial charge in [0.2, 0.25) is 0 Å². The zero-order valence-electron chi connectivity index (χ0n) is 16.9. The summed E-state index contributed by atoms with van der Waals surface area (Å²) < 4.78 is 4.99. The molecule has 0 saturated heterocycles. The number of carbonyl (C=O) groups is 2. The number of pyridine rings is 1. The highest BCUT2D eigenvalue weighted by atomic mass is 32.2. The number of esters is 1. The van der Waals surface area contributed by atoms with Crippen molar-refractivity contribution in [2.45, 2.75) is 55.7 Å². The Hall–Kier alpha value is -2.19. The van der Waals surface area contributed by atoms with Gasteiger partial charge in [-0.3, -0.25) is 10.1 Å². The monoisotopic (exact) mass is 443 g/mol. The summed E-state index contributed by atoms with van der Waals surface area (Å²) in [6.07, 6.45) is 12.4. The lowest BCUT2D eigenvalue weighted by atomic mass is 9.99. The molecule has 30 heavy (non-hydrogen) atoms. The van der Waals surface area contributed by atoms with E-state index in [1.54, 1.807) is 24.9 Å². The fraction of sp³-hybridized carbons (Fsp3) is 0.455. The second-order valence-corrected chi connectivity index (χ2v) is 9.88. The van der Waals surface area contributed by atoms with E-state index in [-0.39, 0.29) is 5.91 Å². The molecule has 6 nitrogen and oxygen atoms in total. The molecule has 0 spiro atoms. The Labute approximate surface area is 184 Å². The van der Waals surface area contributed by atoms with Gasteiger partial charge in [-0.15, -0.1) is 11.8 Å². The lowest BCUT2D eigenvalue weighted by Gasteiger charge is -2.11. The molecule has 0 aliphatic heterocycles.